The minimum Gasteiger partial charge on any atom is -0.337 e. The van der Waals surface area contributed by atoms with Crippen LogP contribution in [-0.4, -0.2) is 29.2 Å². The molecule has 3 heterocycles. The fraction of sp³-hybridized carbons (Fsp3) is 0.867. The molecule has 4 aliphatic rings. The number of ether oxygens (including phenoxy) is 3. The van der Waals surface area contributed by atoms with Crippen molar-refractivity contribution in [2.24, 2.45) is 17.8 Å². The van der Waals surface area contributed by atoms with Crippen LogP contribution in [-0.2, 0) is 19.1 Å². The summed E-state index contributed by atoms with van der Waals surface area (Å²) in [5.74, 6) is 0.545. The molecule has 112 valence electrons. The SMILES string of the molecule is C=C1[C@H](OO)O[C@@H]2OC3(C)CC[C@H]4[C@H](C)CC[C@@H]1[C@@]24O3. The van der Waals surface area contributed by atoms with Crippen LogP contribution in [0.5, 0.6) is 0 Å². The molecule has 7 atom stereocenters. The molecule has 1 aliphatic carbocycles. The highest BCUT2D eigenvalue weighted by molar-refractivity contribution is 5.23. The predicted molar refractivity (Wildman–Crippen MR) is 69.4 cm³/mol. The molecule has 4 rings (SSSR count). The molecule has 0 aromatic carbocycles. The van der Waals surface area contributed by atoms with Crippen LogP contribution in [0.4, 0.5) is 0 Å². The van der Waals surface area contributed by atoms with Gasteiger partial charge in [0.1, 0.15) is 5.60 Å². The third kappa shape index (κ3) is 1.45. The van der Waals surface area contributed by atoms with Gasteiger partial charge in [-0.3, -0.25) is 0 Å². The van der Waals surface area contributed by atoms with Crippen molar-refractivity contribution in [3.8, 4) is 0 Å². The number of hydrogen-bond donors (Lipinski definition) is 1. The first-order chi connectivity index (χ1) is 9.50. The molecule has 1 unspecified atom stereocenters. The third-order valence-corrected chi connectivity index (χ3v) is 5.84. The van der Waals surface area contributed by atoms with Crippen molar-refractivity contribution in [2.75, 3.05) is 0 Å². The average molecular weight is 282 g/mol. The highest BCUT2D eigenvalue weighted by Gasteiger charge is 2.71. The van der Waals surface area contributed by atoms with E-state index in [9.17, 15) is 0 Å². The highest BCUT2D eigenvalue weighted by Crippen LogP contribution is 2.63. The maximum atomic E-state index is 9.05. The van der Waals surface area contributed by atoms with E-state index in [2.05, 4.69) is 18.4 Å². The first kappa shape index (κ1) is 13.2. The number of fused-ring (bicyclic) bond motifs is 1. The van der Waals surface area contributed by atoms with E-state index in [0.717, 1.165) is 31.3 Å². The summed E-state index contributed by atoms with van der Waals surface area (Å²) in [6.07, 6.45) is 2.81. The fourth-order valence-corrected chi connectivity index (χ4v) is 4.91. The lowest BCUT2D eigenvalue weighted by Gasteiger charge is -2.56. The van der Waals surface area contributed by atoms with Gasteiger partial charge in [-0.05, 0) is 43.6 Å². The summed E-state index contributed by atoms with van der Waals surface area (Å²) in [6, 6.07) is 0. The van der Waals surface area contributed by atoms with Gasteiger partial charge in [-0.15, -0.1) is 0 Å². The maximum absolute atomic E-state index is 9.05. The zero-order valence-electron chi connectivity index (χ0n) is 12.0. The summed E-state index contributed by atoms with van der Waals surface area (Å²) >= 11 is 0. The van der Waals surface area contributed by atoms with Gasteiger partial charge in [0, 0.05) is 12.3 Å². The zero-order valence-corrected chi connectivity index (χ0v) is 12.0. The van der Waals surface area contributed by atoms with E-state index < -0.39 is 24.0 Å². The van der Waals surface area contributed by atoms with Crippen LogP contribution < -0.4 is 0 Å². The molecule has 5 heteroatoms. The van der Waals surface area contributed by atoms with Crippen LogP contribution in [0.3, 0.4) is 0 Å². The van der Waals surface area contributed by atoms with E-state index in [-0.39, 0.29) is 5.92 Å². The summed E-state index contributed by atoms with van der Waals surface area (Å²) in [5.41, 5.74) is 0.326. The van der Waals surface area contributed by atoms with Crippen LogP contribution in [0.1, 0.15) is 39.5 Å². The van der Waals surface area contributed by atoms with E-state index in [1.54, 1.807) is 0 Å². The molecule has 20 heavy (non-hydrogen) atoms. The second-order valence-electron chi connectivity index (χ2n) is 6.94. The van der Waals surface area contributed by atoms with Crippen molar-refractivity contribution < 1.29 is 24.4 Å². The fourth-order valence-electron chi connectivity index (χ4n) is 4.91. The Kier molecular flexibility index (Phi) is 2.68. The lowest BCUT2D eigenvalue weighted by molar-refractivity contribution is -0.384. The molecule has 4 fully saturated rings. The standard InChI is InChI=1S/C15H22O5/c1-8-4-5-11-9(2)12(19-16)17-13-15(11)10(8)6-7-14(3,18-13)20-15/h8,10-13,16H,2,4-7H2,1,3H3/t8-,10+,11+,12+,13-,14?,15-/m1/s1. The Balaban J connectivity index is 1.81. The Hall–Kier alpha value is -0.460. The summed E-state index contributed by atoms with van der Waals surface area (Å²) in [4.78, 5) is 4.45. The quantitative estimate of drug-likeness (QED) is 0.455. The van der Waals surface area contributed by atoms with Gasteiger partial charge in [0.25, 0.3) is 0 Å². The van der Waals surface area contributed by atoms with E-state index in [1.807, 2.05) is 6.92 Å². The van der Waals surface area contributed by atoms with Crippen molar-refractivity contribution in [2.45, 2.75) is 63.5 Å². The average Bonchev–Trinajstić information content (AvgIpc) is 2.63. The predicted octanol–water partition coefficient (Wildman–Crippen LogP) is 2.67. The molecule has 1 saturated carbocycles. The maximum Gasteiger partial charge on any atom is 0.215 e. The van der Waals surface area contributed by atoms with Gasteiger partial charge in [-0.2, -0.15) is 0 Å². The van der Waals surface area contributed by atoms with Gasteiger partial charge >= 0.3 is 0 Å². The van der Waals surface area contributed by atoms with Crippen molar-refractivity contribution >= 4 is 0 Å². The normalized spacial score (nSPS) is 57.5. The van der Waals surface area contributed by atoms with Gasteiger partial charge < -0.3 is 14.2 Å². The zero-order chi connectivity index (χ0) is 14.1. The molecule has 0 radical (unpaired) electrons. The Morgan fingerprint density at radius 2 is 2.15 bits per heavy atom. The Bertz CT molecular complexity index is 452. The topological polar surface area (TPSA) is 57.2 Å². The molecule has 0 amide bonds. The van der Waals surface area contributed by atoms with E-state index in [1.165, 1.54) is 0 Å². The van der Waals surface area contributed by atoms with E-state index in [4.69, 9.17) is 19.5 Å². The molecule has 1 spiro atoms. The minimum atomic E-state index is -0.809. The van der Waals surface area contributed by atoms with E-state index in [0.29, 0.717) is 11.8 Å². The van der Waals surface area contributed by atoms with Crippen molar-refractivity contribution in [3.63, 3.8) is 0 Å². The molecular formula is C15H22O5. The summed E-state index contributed by atoms with van der Waals surface area (Å²) in [6.45, 7) is 8.36. The van der Waals surface area contributed by atoms with Crippen molar-refractivity contribution in [1.29, 1.82) is 0 Å². The molecule has 5 nitrogen and oxygen atoms in total. The Morgan fingerprint density at radius 3 is 2.90 bits per heavy atom. The van der Waals surface area contributed by atoms with E-state index >= 15 is 0 Å². The third-order valence-electron chi connectivity index (χ3n) is 5.84. The van der Waals surface area contributed by atoms with Crippen LogP contribution >= 0.6 is 0 Å². The minimum absolute atomic E-state index is 0.127. The van der Waals surface area contributed by atoms with Crippen molar-refractivity contribution in [3.05, 3.63) is 12.2 Å². The second-order valence-corrected chi connectivity index (χ2v) is 6.94. The lowest BCUT2D eigenvalue weighted by atomic mass is 9.58. The summed E-state index contributed by atoms with van der Waals surface area (Å²) < 4.78 is 18.3. The van der Waals surface area contributed by atoms with Gasteiger partial charge in [-0.25, -0.2) is 10.1 Å². The molecule has 3 saturated heterocycles. The number of hydrogen-bond acceptors (Lipinski definition) is 5. The Morgan fingerprint density at radius 1 is 1.35 bits per heavy atom. The van der Waals surface area contributed by atoms with Crippen LogP contribution in [0.25, 0.3) is 0 Å². The lowest BCUT2D eigenvalue weighted by Crippen LogP contribution is -2.64. The van der Waals surface area contributed by atoms with Gasteiger partial charge in [-0.1, -0.05) is 13.5 Å². The largest absolute Gasteiger partial charge is 0.337 e. The Labute approximate surface area is 118 Å². The molecule has 1 N–H and O–H groups in total. The molecule has 2 bridgehead atoms. The van der Waals surface area contributed by atoms with Gasteiger partial charge in [0.05, 0.1) is 0 Å². The molecule has 0 aromatic rings. The number of rotatable bonds is 1. The first-order valence-corrected chi connectivity index (χ1v) is 7.52. The molecule has 3 aliphatic heterocycles. The molecule has 0 aromatic heterocycles. The smallest absolute Gasteiger partial charge is 0.215 e. The van der Waals surface area contributed by atoms with Crippen LogP contribution in [0.2, 0.25) is 0 Å². The summed E-state index contributed by atoms with van der Waals surface area (Å²) in [5, 5.41) is 9.05. The highest BCUT2D eigenvalue weighted by atomic mass is 17.1. The summed E-state index contributed by atoms with van der Waals surface area (Å²) in [7, 11) is 0. The second kappa shape index (κ2) is 4.05. The van der Waals surface area contributed by atoms with Crippen LogP contribution in [0, 0.1) is 17.8 Å². The van der Waals surface area contributed by atoms with Gasteiger partial charge in [0.2, 0.25) is 6.29 Å². The monoisotopic (exact) mass is 282 g/mol. The van der Waals surface area contributed by atoms with Crippen molar-refractivity contribution in [1.82, 2.24) is 0 Å². The molecular weight excluding hydrogens is 260 g/mol. The van der Waals surface area contributed by atoms with Crippen LogP contribution in [0.15, 0.2) is 12.2 Å². The van der Waals surface area contributed by atoms with Gasteiger partial charge in [0.15, 0.2) is 12.1 Å². The first-order valence-electron chi connectivity index (χ1n) is 7.52.